The number of sulfonamides is 1. The number of carbonyl (C=O) groups is 1. The fraction of sp³-hybridized carbons (Fsp3) is 0.500. The van der Waals surface area contributed by atoms with Crippen molar-refractivity contribution in [3.8, 4) is 0 Å². The molecule has 1 heterocycles. The molecule has 21 heavy (non-hydrogen) atoms. The van der Waals surface area contributed by atoms with Crippen molar-refractivity contribution in [1.82, 2.24) is 9.62 Å². The predicted octanol–water partition coefficient (Wildman–Crippen LogP) is 0.844. The van der Waals surface area contributed by atoms with Crippen molar-refractivity contribution in [2.24, 2.45) is 0 Å². The van der Waals surface area contributed by atoms with Gasteiger partial charge in [0.1, 0.15) is 0 Å². The van der Waals surface area contributed by atoms with Crippen molar-refractivity contribution < 1.29 is 17.9 Å². The average molecular weight is 312 g/mol. The lowest BCUT2D eigenvalue weighted by Crippen LogP contribution is -2.48. The fourth-order valence-corrected chi connectivity index (χ4v) is 3.99. The lowest BCUT2D eigenvalue weighted by molar-refractivity contribution is -0.0440. The summed E-state index contributed by atoms with van der Waals surface area (Å²) in [5.41, 5.74) is 0.431. The van der Waals surface area contributed by atoms with Gasteiger partial charge in [0.15, 0.2) is 0 Å². The fourth-order valence-electron chi connectivity index (χ4n) is 2.40. The largest absolute Gasteiger partial charge is 0.373 e. The zero-order chi connectivity index (χ0) is 15.6. The molecule has 1 aromatic carbocycles. The Labute approximate surface area is 125 Å². The molecule has 2 rings (SSSR count). The van der Waals surface area contributed by atoms with Crippen LogP contribution in [0.3, 0.4) is 0 Å². The van der Waals surface area contributed by atoms with Crippen LogP contribution >= 0.6 is 0 Å². The van der Waals surface area contributed by atoms with E-state index in [9.17, 15) is 13.2 Å². The molecule has 1 aliphatic heterocycles. The number of hydrogen-bond donors (Lipinski definition) is 1. The molecule has 1 saturated heterocycles. The topological polar surface area (TPSA) is 75.7 Å². The molecule has 2 atom stereocenters. The predicted molar refractivity (Wildman–Crippen MR) is 78.6 cm³/mol. The van der Waals surface area contributed by atoms with E-state index in [0.29, 0.717) is 18.7 Å². The molecule has 6 nitrogen and oxygen atoms in total. The third-order valence-corrected chi connectivity index (χ3v) is 5.21. The summed E-state index contributed by atoms with van der Waals surface area (Å²) < 4.78 is 32.2. The van der Waals surface area contributed by atoms with E-state index < -0.39 is 10.0 Å². The number of morpholine rings is 1. The van der Waals surface area contributed by atoms with E-state index in [2.05, 4.69) is 5.32 Å². The highest BCUT2D eigenvalue weighted by Crippen LogP contribution is 2.21. The third kappa shape index (κ3) is 3.42. The van der Waals surface area contributed by atoms with Gasteiger partial charge in [-0.25, -0.2) is 8.42 Å². The average Bonchev–Trinajstić information content (AvgIpc) is 2.45. The first-order valence-corrected chi connectivity index (χ1v) is 8.26. The summed E-state index contributed by atoms with van der Waals surface area (Å²) in [5, 5.41) is 2.50. The summed E-state index contributed by atoms with van der Waals surface area (Å²) in [5.74, 6) is -0.243. The number of amides is 1. The van der Waals surface area contributed by atoms with Crippen molar-refractivity contribution in [2.75, 3.05) is 20.1 Å². The molecule has 0 aliphatic carbocycles. The van der Waals surface area contributed by atoms with Crippen LogP contribution < -0.4 is 5.32 Å². The van der Waals surface area contributed by atoms with Gasteiger partial charge in [-0.15, -0.1) is 0 Å². The Bertz CT molecular complexity index is 602. The van der Waals surface area contributed by atoms with Gasteiger partial charge >= 0.3 is 0 Å². The van der Waals surface area contributed by atoms with Crippen LogP contribution in [0, 0.1) is 0 Å². The second-order valence-electron chi connectivity index (χ2n) is 5.18. The van der Waals surface area contributed by atoms with E-state index in [0.717, 1.165) is 0 Å². The molecule has 0 bridgehead atoms. The number of hydrogen-bond acceptors (Lipinski definition) is 4. The number of carbonyl (C=O) groups excluding carboxylic acids is 1. The molecule has 1 aromatic rings. The quantitative estimate of drug-likeness (QED) is 0.897. The van der Waals surface area contributed by atoms with Crippen LogP contribution in [0.4, 0.5) is 0 Å². The summed E-state index contributed by atoms with van der Waals surface area (Å²) in [6.07, 6.45) is -0.262. The highest BCUT2D eigenvalue weighted by Gasteiger charge is 2.32. The Balaban J connectivity index is 2.25. The van der Waals surface area contributed by atoms with E-state index in [1.165, 1.54) is 35.6 Å². The summed E-state index contributed by atoms with van der Waals surface area (Å²) >= 11 is 0. The molecule has 116 valence electrons. The van der Waals surface area contributed by atoms with Gasteiger partial charge in [-0.05, 0) is 38.1 Å². The zero-order valence-electron chi connectivity index (χ0n) is 12.4. The van der Waals surface area contributed by atoms with Crippen LogP contribution in [0.25, 0.3) is 0 Å². The van der Waals surface area contributed by atoms with Crippen LogP contribution in [0.1, 0.15) is 24.2 Å². The molecular formula is C14H20N2O4S. The minimum absolute atomic E-state index is 0.131. The minimum Gasteiger partial charge on any atom is -0.373 e. The highest BCUT2D eigenvalue weighted by atomic mass is 32.2. The van der Waals surface area contributed by atoms with E-state index >= 15 is 0 Å². The SMILES string of the molecule is CNC(=O)c1ccc(S(=O)(=O)N2CC(C)OC(C)C2)cc1. The van der Waals surface area contributed by atoms with Crippen molar-refractivity contribution in [1.29, 1.82) is 0 Å². The molecular weight excluding hydrogens is 292 g/mol. The molecule has 7 heteroatoms. The maximum atomic E-state index is 12.6. The van der Waals surface area contributed by atoms with E-state index in [1.807, 2.05) is 13.8 Å². The highest BCUT2D eigenvalue weighted by molar-refractivity contribution is 7.89. The third-order valence-electron chi connectivity index (χ3n) is 3.37. The van der Waals surface area contributed by atoms with Crippen LogP contribution in [0.2, 0.25) is 0 Å². The maximum absolute atomic E-state index is 12.6. The lowest BCUT2D eigenvalue weighted by Gasteiger charge is -2.34. The van der Waals surface area contributed by atoms with E-state index in [-0.39, 0.29) is 23.0 Å². The van der Waals surface area contributed by atoms with Gasteiger partial charge in [0, 0.05) is 25.7 Å². The number of ether oxygens (including phenoxy) is 1. The first-order chi connectivity index (χ1) is 9.84. The van der Waals surface area contributed by atoms with E-state index in [4.69, 9.17) is 4.74 Å². The first-order valence-electron chi connectivity index (χ1n) is 6.82. The summed E-state index contributed by atoms with van der Waals surface area (Å²) in [4.78, 5) is 11.7. The molecule has 1 amide bonds. The van der Waals surface area contributed by atoms with Crippen molar-refractivity contribution in [2.45, 2.75) is 31.0 Å². The summed E-state index contributed by atoms with van der Waals surface area (Å²) in [6, 6.07) is 5.95. The zero-order valence-corrected chi connectivity index (χ0v) is 13.2. The second kappa shape index (κ2) is 6.13. The Kier molecular flexibility index (Phi) is 4.65. The van der Waals surface area contributed by atoms with Gasteiger partial charge in [0.05, 0.1) is 17.1 Å². The molecule has 0 radical (unpaired) electrons. The van der Waals surface area contributed by atoms with Crippen molar-refractivity contribution in [3.05, 3.63) is 29.8 Å². The van der Waals surface area contributed by atoms with E-state index in [1.54, 1.807) is 0 Å². The molecule has 2 unspecified atom stereocenters. The number of nitrogens with one attached hydrogen (secondary N) is 1. The van der Waals surface area contributed by atoms with Crippen molar-refractivity contribution >= 4 is 15.9 Å². The Hall–Kier alpha value is -1.44. The maximum Gasteiger partial charge on any atom is 0.251 e. The van der Waals surface area contributed by atoms with Gasteiger partial charge in [0.25, 0.3) is 5.91 Å². The first kappa shape index (κ1) is 15.9. The van der Waals surface area contributed by atoms with Gasteiger partial charge in [-0.1, -0.05) is 0 Å². The van der Waals surface area contributed by atoms with Crippen LogP contribution in [0.15, 0.2) is 29.2 Å². The normalized spacial score (nSPS) is 23.8. The van der Waals surface area contributed by atoms with Crippen molar-refractivity contribution in [3.63, 3.8) is 0 Å². The van der Waals surface area contributed by atoms with Crippen LogP contribution in [-0.2, 0) is 14.8 Å². The standard InChI is InChI=1S/C14H20N2O4S/c1-10-8-16(9-11(2)20-10)21(18,19)13-6-4-12(5-7-13)14(17)15-3/h4-7,10-11H,8-9H2,1-3H3,(H,15,17). The Morgan fingerprint density at radius 3 is 2.19 bits per heavy atom. The molecule has 0 spiro atoms. The Morgan fingerprint density at radius 1 is 1.19 bits per heavy atom. The van der Waals surface area contributed by atoms with Crippen LogP contribution in [-0.4, -0.2) is 51.0 Å². The summed E-state index contributed by atoms with van der Waals surface area (Å²) in [6.45, 7) is 4.38. The summed E-state index contributed by atoms with van der Waals surface area (Å²) in [7, 11) is -2.02. The molecule has 0 aromatic heterocycles. The van der Waals surface area contributed by atoms with Gasteiger partial charge in [0.2, 0.25) is 10.0 Å². The minimum atomic E-state index is -3.56. The molecule has 0 saturated carbocycles. The number of nitrogens with zero attached hydrogens (tertiary/aromatic N) is 1. The van der Waals surface area contributed by atoms with Gasteiger partial charge in [-0.2, -0.15) is 4.31 Å². The number of rotatable bonds is 3. The number of benzene rings is 1. The van der Waals surface area contributed by atoms with Gasteiger partial charge in [-0.3, -0.25) is 4.79 Å². The monoisotopic (exact) mass is 312 g/mol. The van der Waals surface area contributed by atoms with Gasteiger partial charge < -0.3 is 10.1 Å². The molecule has 1 fully saturated rings. The molecule has 1 aliphatic rings. The Morgan fingerprint density at radius 2 is 1.71 bits per heavy atom. The molecule has 1 N–H and O–H groups in total. The lowest BCUT2D eigenvalue weighted by atomic mass is 10.2. The van der Waals surface area contributed by atoms with Crippen LogP contribution in [0.5, 0.6) is 0 Å². The second-order valence-corrected chi connectivity index (χ2v) is 7.12. The smallest absolute Gasteiger partial charge is 0.251 e.